The Morgan fingerprint density at radius 3 is 2.82 bits per heavy atom. The molecule has 1 fully saturated rings. The summed E-state index contributed by atoms with van der Waals surface area (Å²) in [7, 11) is 1.83. The normalized spacial score (nSPS) is 16.8. The molecule has 17 heavy (non-hydrogen) atoms. The van der Waals surface area contributed by atoms with Gasteiger partial charge in [0.05, 0.1) is 0 Å². The minimum absolute atomic E-state index is 0.666. The smallest absolute Gasteiger partial charge is 0.224 e. The van der Waals surface area contributed by atoms with Gasteiger partial charge in [-0.05, 0) is 25.7 Å². The van der Waals surface area contributed by atoms with Crippen LogP contribution in [0.25, 0.3) is 0 Å². The van der Waals surface area contributed by atoms with Crippen molar-refractivity contribution >= 4 is 11.8 Å². The molecule has 0 aliphatic carbocycles. The van der Waals surface area contributed by atoms with E-state index >= 15 is 0 Å². The van der Waals surface area contributed by atoms with Gasteiger partial charge in [0.1, 0.15) is 5.82 Å². The number of nitrogens with one attached hydrogen (secondary N) is 2. The molecule has 0 saturated carbocycles. The van der Waals surface area contributed by atoms with Crippen molar-refractivity contribution in [2.75, 3.05) is 37.4 Å². The fourth-order valence-corrected chi connectivity index (χ4v) is 1.97. The minimum atomic E-state index is 0.666. The second-order valence-electron chi connectivity index (χ2n) is 4.40. The van der Waals surface area contributed by atoms with E-state index in [1.807, 2.05) is 20.0 Å². The Kier molecular flexibility index (Phi) is 4.14. The predicted octanol–water partition coefficient (Wildman–Crippen LogP) is 1.67. The highest BCUT2D eigenvalue weighted by atomic mass is 16.5. The number of rotatable bonds is 4. The van der Waals surface area contributed by atoms with Gasteiger partial charge in [-0.1, -0.05) is 0 Å². The topological polar surface area (TPSA) is 59.1 Å². The second kappa shape index (κ2) is 5.82. The van der Waals surface area contributed by atoms with E-state index in [-0.39, 0.29) is 0 Å². The zero-order valence-corrected chi connectivity index (χ0v) is 10.5. The predicted molar refractivity (Wildman–Crippen MR) is 68.3 cm³/mol. The lowest BCUT2D eigenvalue weighted by atomic mass is 10.0. The van der Waals surface area contributed by atoms with E-state index in [1.54, 1.807) is 0 Å². The van der Waals surface area contributed by atoms with Gasteiger partial charge < -0.3 is 15.4 Å². The molecular formula is C12H20N4O. The van der Waals surface area contributed by atoms with Crippen LogP contribution in [0.1, 0.15) is 18.5 Å². The van der Waals surface area contributed by atoms with Gasteiger partial charge in [-0.15, -0.1) is 0 Å². The van der Waals surface area contributed by atoms with Gasteiger partial charge in [-0.2, -0.15) is 4.98 Å². The molecule has 1 aliphatic heterocycles. The zero-order valence-electron chi connectivity index (χ0n) is 10.5. The molecule has 1 aromatic heterocycles. The molecule has 0 radical (unpaired) electrons. The third-order valence-corrected chi connectivity index (χ3v) is 2.99. The zero-order chi connectivity index (χ0) is 12.1. The Hall–Kier alpha value is -1.36. The van der Waals surface area contributed by atoms with Gasteiger partial charge >= 0.3 is 0 Å². The number of ether oxygens (including phenoxy) is 1. The van der Waals surface area contributed by atoms with E-state index in [1.165, 1.54) is 0 Å². The van der Waals surface area contributed by atoms with Crippen molar-refractivity contribution in [3.63, 3.8) is 0 Å². The van der Waals surface area contributed by atoms with Crippen LogP contribution in [0.2, 0.25) is 0 Å². The molecule has 0 bridgehead atoms. The molecule has 1 aromatic rings. The van der Waals surface area contributed by atoms with Gasteiger partial charge in [0.25, 0.3) is 0 Å². The van der Waals surface area contributed by atoms with Crippen LogP contribution in [-0.2, 0) is 4.74 Å². The summed E-state index contributed by atoms with van der Waals surface area (Å²) in [4.78, 5) is 8.64. The van der Waals surface area contributed by atoms with Crippen LogP contribution in [0.4, 0.5) is 11.8 Å². The molecule has 1 saturated heterocycles. The highest BCUT2D eigenvalue weighted by molar-refractivity contribution is 5.41. The quantitative estimate of drug-likeness (QED) is 0.832. The van der Waals surface area contributed by atoms with Gasteiger partial charge in [0.15, 0.2) is 0 Å². The van der Waals surface area contributed by atoms with E-state index in [0.717, 1.165) is 44.1 Å². The molecule has 94 valence electrons. The minimum Gasteiger partial charge on any atom is -0.381 e. The lowest BCUT2D eigenvalue weighted by Gasteiger charge is -2.22. The fraction of sp³-hybridized carbons (Fsp3) is 0.667. The van der Waals surface area contributed by atoms with Crippen LogP contribution in [0.15, 0.2) is 6.07 Å². The standard InChI is InChI=1S/C12H20N4O/c1-9-7-11(16-12(13-2)15-9)14-8-10-3-5-17-6-4-10/h7,10H,3-6,8H2,1-2H3,(H2,13,14,15,16). The SMILES string of the molecule is CNc1nc(C)cc(NCC2CCOCC2)n1. The average molecular weight is 236 g/mol. The van der Waals surface area contributed by atoms with Crippen molar-refractivity contribution in [3.05, 3.63) is 11.8 Å². The maximum Gasteiger partial charge on any atom is 0.224 e. The van der Waals surface area contributed by atoms with Crippen molar-refractivity contribution in [2.45, 2.75) is 19.8 Å². The Morgan fingerprint density at radius 2 is 2.12 bits per heavy atom. The largest absolute Gasteiger partial charge is 0.381 e. The van der Waals surface area contributed by atoms with E-state index < -0.39 is 0 Å². The second-order valence-corrected chi connectivity index (χ2v) is 4.40. The van der Waals surface area contributed by atoms with Crippen molar-refractivity contribution in [1.29, 1.82) is 0 Å². The summed E-state index contributed by atoms with van der Waals surface area (Å²) in [5.41, 5.74) is 0.971. The highest BCUT2D eigenvalue weighted by Gasteiger charge is 2.13. The van der Waals surface area contributed by atoms with Gasteiger partial charge in [-0.3, -0.25) is 0 Å². The number of anilines is 2. The van der Waals surface area contributed by atoms with Crippen molar-refractivity contribution in [2.24, 2.45) is 5.92 Å². The molecule has 0 atom stereocenters. The number of aromatic nitrogens is 2. The molecule has 2 rings (SSSR count). The van der Waals surface area contributed by atoms with Crippen LogP contribution in [0.3, 0.4) is 0 Å². The van der Waals surface area contributed by atoms with Gasteiger partial charge in [0, 0.05) is 38.6 Å². The first-order chi connectivity index (χ1) is 8.28. The first-order valence-electron chi connectivity index (χ1n) is 6.13. The molecule has 1 aliphatic rings. The van der Waals surface area contributed by atoms with Crippen LogP contribution in [0.5, 0.6) is 0 Å². The van der Waals surface area contributed by atoms with E-state index in [4.69, 9.17) is 4.74 Å². The Bertz CT molecular complexity index is 364. The maximum atomic E-state index is 5.34. The number of nitrogens with zero attached hydrogens (tertiary/aromatic N) is 2. The molecule has 0 amide bonds. The molecule has 2 heterocycles. The molecular weight excluding hydrogens is 216 g/mol. The maximum absolute atomic E-state index is 5.34. The molecule has 2 N–H and O–H groups in total. The Morgan fingerprint density at radius 1 is 1.35 bits per heavy atom. The molecule has 5 nitrogen and oxygen atoms in total. The molecule has 0 spiro atoms. The van der Waals surface area contributed by atoms with Crippen LogP contribution < -0.4 is 10.6 Å². The van der Waals surface area contributed by atoms with Crippen molar-refractivity contribution in [1.82, 2.24) is 9.97 Å². The first kappa shape index (κ1) is 12.1. The fourth-order valence-electron chi connectivity index (χ4n) is 1.97. The first-order valence-corrected chi connectivity index (χ1v) is 6.13. The summed E-state index contributed by atoms with van der Waals surface area (Å²) < 4.78 is 5.34. The summed E-state index contributed by atoms with van der Waals surface area (Å²) in [6, 6.07) is 1.97. The number of aryl methyl sites for hydroxylation is 1. The summed E-state index contributed by atoms with van der Waals surface area (Å²) in [5, 5.41) is 6.35. The summed E-state index contributed by atoms with van der Waals surface area (Å²) in [6.45, 7) is 4.71. The lowest BCUT2D eigenvalue weighted by molar-refractivity contribution is 0.0699. The Labute approximate surface area is 102 Å². The molecule has 5 heteroatoms. The van der Waals surface area contributed by atoms with E-state index in [0.29, 0.717) is 11.9 Å². The van der Waals surface area contributed by atoms with Crippen LogP contribution in [0, 0.1) is 12.8 Å². The Balaban J connectivity index is 1.91. The van der Waals surface area contributed by atoms with E-state index in [9.17, 15) is 0 Å². The van der Waals surface area contributed by atoms with E-state index in [2.05, 4.69) is 20.6 Å². The van der Waals surface area contributed by atoms with Gasteiger partial charge in [0.2, 0.25) is 5.95 Å². The van der Waals surface area contributed by atoms with Gasteiger partial charge in [-0.25, -0.2) is 4.98 Å². The lowest BCUT2D eigenvalue weighted by Crippen LogP contribution is -2.23. The molecule has 0 aromatic carbocycles. The van der Waals surface area contributed by atoms with Crippen molar-refractivity contribution in [3.8, 4) is 0 Å². The third kappa shape index (κ3) is 3.56. The average Bonchev–Trinajstić information content (AvgIpc) is 2.37. The summed E-state index contributed by atoms with van der Waals surface area (Å²) in [6.07, 6.45) is 2.27. The van der Waals surface area contributed by atoms with Crippen LogP contribution >= 0.6 is 0 Å². The molecule has 0 unspecified atom stereocenters. The number of hydrogen-bond donors (Lipinski definition) is 2. The summed E-state index contributed by atoms with van der Waals surface area (Å²) in [5.74, 6) is 2.25. The van der Waals surface area contributed by atoms with Crippen LogP contribution in [-0.4, -0.2) is 36.8 Å². The summed E-state index contributed by atoms with van der Waals surface area (Å²) >= 11 is 0. The monoisotopic (exact) mass is 236 g/mol. The number of hydrogen-bond acceptors (Lipinski definition) is 5. The third-order valence-electron chi connectivity index (χ3n) is 2.99. The van der Waals surface area contributed by atoms with Crippen molar-refractivity contribution < 1.29 is 4.74 Å². The highest BCUT2D eigenvalue weighted by Crippen LogP contribution is 2.16.